The van der Waals surface area contributed by atoms with Gasteiger partial charge in [0.2, 0.25) is 0 Å². The van der Waals surface area contributed by atoms with E-state index < -0.39 is 0 Å². The molecular formula is C11H12O3. The molecule has 0 heterocycles. The van der Waals surface area contributed by atoms with Crippen LogP contribution in [0.4, 0.5) is 0 Å². The van der Waals surface area contributed by atoms with Gasteiger partial charge in [-0.1, -0.05) is 24.8 Å². The summed E-state index contributed by atoms with van der Waals surface area (Å²) in [6.45, 7) is 3.63. The Bertz CT molecular complexity index is 314. The Morgan fingerprint density at radius 2 is 2.07 bits per heavy atom. The summed E-state index contributed by atoms with van der Waals surface area (Å²) in [5.74, 6) is -0.380. The van der Waals surface area contributed by atoms with Crippen LogP contribution in [0.5, 0.6) is 0 Å². The fraction of sp³-hybridized carbons (Fsp3) is 0.182. The van der Waals surface area contributed by atoms with E-state index in [1.54, 1.807) is 24.3 Å². The molecule has 1 aromatic carbocycles. The first-order valence-corrected chi connectivity index (χ1v) is 4.25. The van der Waals surface area contributed by atoms with Gasteiger partial charge in [-0.2, -0.15) is 0 Å². The molecule has 1 rings (SSSR count). The van der Waals surface area contributed by atoms with Crippen molar-refractivity contribution in [3.8, 4) is 0 Å². The third kappa shape index (κ3) is 2.71. The molecule has 0 aromatic heterocycles. The topological polar surface area (TPSA) is 46.5 Å². The molecule has 0 aliphatic heterocycles. The number of aliphatic hydroxyl groups excluding tert-OH is 1. The van der Waals surface area contributed by atoms with Crippen molar-refractivity contribution in [1.82, 2.24) is 0 Å². The molecule has 1 aromatic rings. The Hall–Kier alpha value is -1.61. The average Bonchev–Trinajstić information content (AvgIpc) is 2.26. The number of rotatable bonds is 4. The second-order valence-corrected chi connectivity index (χ2v) is 2.74. The van der Waals surface area contributed by atoms with E-state index in [2.05, 4.69) is 6.58 Å². The first-order chi connectivity index (χ1) is 6.77. The summed E-state index contributed by atoms with van der Waals surface area (Å²) >= 11 is 0. The third-order valence-corrected chi connectivity index (χ3v) is 1.70. The Balaban J connectivity index is 2.66. The van der Waals surface area contributed by atoms with Gasteiger partial charge in [-0.3, -0.25) is 0 Å². The van der Waals surface area contributed by atoms with E-state index in [-0.39, 0.29) is 19.2 Å². The van der Waals surface area contributed by atoms with Gasteiger partial charge in [-0.15, -0.1) is 0 Å². The molecule has 0 saturated heterocycles. The number of ether oxygens (including phenoxy) is 1. The van der Waals surface area contributed by atoms with Gasteiger partial charge in [0.25, 0.3) is 0 Å². The highest BCUT2D eigenvalue weighted by atomic mass is 16.5. The minimum absolute atomic E-state index is 0.0258. The Kier molecular flexibility index (Phi) is 3.88. The predicted molar refractivity (Wildman–Crippen MR) is 52.8 cm³/mol. The second-order valence-electron chi connectivity index (χ2n) is 2.74. The van der Waals surface area contributed by atoms with Crippen molar-refractivity contribution in [3.63, 3.8) is 0 Å². The predicted octanol–water partition coefficient (Wildman–Crippen LogP) is 1.52. The van der Waals surface area contributed by atoms with Crippen molar-refractivity contribution in [1.29, 1.82) is 0 Å². The molecule has 14 heavy (non-hydrogen) atoms. The highest BCUT2D eigenvalue weighted by Crippen LogP contribution is 2.05. The zero-order valence-electron chi connectivity index (χ0n) is 7.77. The molecule has 0 spiro atoms. The lowest BCUT2D eigenvalue weighted by atomic mass is 10.1. The zero-order chi connectivity index (χ0) is 10.4. The Morgan fingerprint density at radius 1 is 1.43 bits per heavy atom. The molecule has 0 bridgehead atoms. The minimum Gasteiger partial charge on any atom is -0.458 e. The molecule has 0 aliphatic carbocycles. The highest BCUT2D eigenvalue weighted by Gasteiger charge is 2.04. The van der Waals surface area contributed by atoms with Crippen molar-refractivity contribution < 1.29 is 14.6 Å². The number of benzene rings is 1. The SMILES string of the molecule is C=CCOC(=O)c1ccc(CO)cc1. The summed E-state index contributed by atoms with van der Waals surface area (Å²) in [6.07, 6.45) is 1.51. The second kappa shape index (κ2) is 5.19. The quantitative estimate of drug-likeness (QED) is 0.581. The zero-order valence-corrected chi connectivity index (χ0v) is 7.77. The molecular weight excluding hydrogens is 180 g/mol. The van der Waals surface area contributed by atoms with Crippen LogP contribution in [0.1, 0.15) is 15.9 Å². The molecule has 0 fully saturated rings. The normalized spacial score (nSPS) is 9.50. The van der Waals surface area contributed by atoms with Gasteiger partial charge in [0, 0.05) is 0 Å². The molecule has 74 valence electrons. The maximum atomic E-state index is 11.3. The Labute approximate surface area is 82.6 Å². The van der Waals surface area contributed by atoms with Gasteiger partial charge in [0.05, 0.1) is 12.2 Å². The summed E-state index contributed by atoms with van der Waals surface area (Å²) < 4.78 is 4.83. The Morgan fingerprint density at radius 3 is 2.57 bits per heavy atom. The van der Waals surface area contributed by atoms with Crippen molar-refractivity contribution in [2.24, 2.45) is 0 Å². The molecule has 0 radical (unpaired) electrons. The standard InChI is InChI=1S/C11H12O3/c1-2-7-14-11(13)10-5-3-9(8-12)4-6-10/h2-6,12H,1,7-8H2. The lowest BCUT2D eigenvalue weighted by Crippen LogP contribution is -2.04. The van der Waals surface area contributed by atoms with E-state index in [1.807, 2.05) is 0 Å². The maximum Gasteiger partial charge on any atom is 0.338 e. The van der Waals surface area contributed by atoms with Crippen LogP contribution in [0.2, 0.25) is 0 Å². The van der Waals surface area contributed by atoms with Gasteiger partial charge in [0.15, 0.2) is 0 Å². The van der Waals surface area contributed by atoms with E-state index in [9.17, 15) is 4.79 Å². The average molecular weight is 192 g/mol. The lowest BCUT2D eigenvalue weighted by molar-refractivity contribution is 0.0549. The van der Waals surface area contributed by atoms with Crippen LogP contribution in [0, 0.1) is 0 Å². The molecule has 0 amide bonds. The van der Waals surface area contributed by atoms with Gasteiger partial charge in [-0.25, -0.2) is 4.79 Å². The summed E-state index contributed by atoms with van der Waals surface area (Å²) in [5, 5.41) is 8.78. The molecule has 3 nitrogen and oxygen atoms in total. The van der Waals surface area contributed by atoms with Gasteiger partial charge >= 0.3 is 5.97 Å². The molecule has 0 saturated carbocycles. The van der Waals surface area contributed by atoms with Gasteiger partial charge in [-0.05, 0) is 17.7 Å². The first kappa shape index (κ1) is 10.5. The van der Waals surface area contributed by atoms with Crippen LogP contribution < -0.4 is 0 Å². The summed E-state index contributed by atoms with van der Waals surface area (Å²) in [6, 6.07) is 6.61. The molecule has 0 aliphatic rings. The van der Waals surface area contributed by atoms with E-state index in [0.717, 1.165) is 5.56 Å². The summed E-state index contributed by atoms with van der Waals surface area (Å²) in [5.41, 5.74) is 1.24. The van der Waals surface area contributed by atoms with Crippen molar-refractivity contribution >= 4 is 5.97 Å². The highest BCUT2D eigenvalue weighted by molar-refractivity contribution is 5.89. The largest absolute Gasteiger partial charge is 0.458 e. The summed E-state index contributed by atoms with van der Waals surface area (Å²) in [7, 11) is 0. The van der Waals surface area contributed by atoms with Crippen molar-refractivity contribution in [3.05, 3.63) is 48.0 Å². The fourth-order valence-electron chi connectivity index (χ4n) is 0.964. The maximum absolute atomic E-state index is 11.3. The first-order valence-electron chi connectivity index (χ1n) is 4.25. The van der Waals surface area contributed by atoms with E-state index in [1.165, 1.54) is 6.08 Å². The van der Waals surface area contributed by atoms with E-state index in [4.69, 9.17) is 9.84 Å². The number of hydrogen-bond donors (Lipinski definition) is 1. The number of carbonyl (C=O) groups excluding carboxylic acids is 1. The third-order valence-electron chi connectivity index (χ3n) is 1.70. The van der Waals surface area contributed by atoms with Crippen LogP contribution >= 0.6 is 0 Å². The van der Waals surface area contributed by atoms with E-state index >= 15 is 0 Å². The molecule has 0 unspecified atom stereocenters. The number of aliphatic hydroxyl groups is 1. The van der Waals surface area contributed by atoms with Crippen LogP contribution in [-0.2, 0) is 11.3 Å². The van der Waals surface area contributed by atoms with Crippen LogP contribution in [0.3, 0.4) is 0 Å². The lowest BCUT2D eigenvalue weighted by Gasteiger charge is -2.02. The van der Waals surface area contributed by atoms with Crippen LogP contribution in [-0.4, -0.2) is 17.7 Å². The smallest absolute Gasteiger partial charge is 0.338 e. The monoisotopic (exact) mass is 192 g/mol. The van der Waals surface area contributed by atoms with E-state index in [0.29, 0.717) is 5.56 Å². The summed E-state index contributed by atoms with van der Waals surface area (Å²) in [4.78, 5) is 11.3. The van der Waals surface area contributed by atoms with Gasteiger partial charge < -0.3 is 9.84 Å². The molecule has 1 N–H and O–H groups in total. The van der Waals surface area contributed by atoms with Crippen LogP contribution in [0.25, 0.3) is 0 Å². The number of carbonyl (C=O) groups is 1. The fourth-order valence-corrected chi connectivity index (χ4v) is 0.964. The molecule has 0 atom stereocenters. The number of hydrogen-bond acceptors (Lipinski definition) is 3. The molecule has 3 heteroatoms. The van der Waals surface area contributed by atoms with Crippen LogP contribution in [0.15, 0.2) is 36.9 Å². The minimum atomic E-state index is -0.380. The van der Waals surface area contributed by atoms with Gasteiger partial charge in [0.1, 0.15) is 6.61 Å². The number of esters is 1. The van der Waals surface area contributed by atoms with Crippen molar-refractivity contribution in [2.45, 2.75) is 6.61 Å². The van der Waals surface area contributed by atoms with Crippen molar-refractivity contribution in [2.75, 3.05) is 6.61 Å².